The van der Waals surface area contributed by atoms with Crippen LogP contribution in [0.1, 0.15) is 59.9 Å². The number of ether oxygens (including phenoxy) is 1. The molecule has 5 nitrogen and oxygen atoms in total. The first-order chi connectivity index (χ1) is 14.2. The van der Waals surface area contributed by atoms with Crippen LogP contribution in [0.25, 0.3) is 0 Å². The molecule has 1 heterocycles. The molecular formula is C22H33F3N2O3S. The molecule has 1 fully saturated rings. The van der Waals surface area contributed by atoms with Crippen molar-refractivity contribution in [1.82, 2.24) is 9.62 Å². The van der Waals surface area contributed by atoms with E-state index < -0.39 is 45.2 Å². The van der Waals surface area contributed by atoms with Gasteiger partial charge in [-0.25, -0.2) is 18.0 Å². The van der Waals surface area contributed by atoms with E-state index in [0.717, 1.165) is 6.07 Å². The normalized spacial score (nSPS) is 18.1. The summed E-state index contributed by atoms with van der Waals surface area (Å²) in [6.45, 7) is 11.7. The maximum atomic E-state index is 14.3. The highest BCUT2D eigenvalue weighted by Crippen LogP contribution is 2.28. The Balaban J connectivity index is 2.15. The number of carbonyl (C=O) groups excluding carboxylic acids is 1. The van der Waals surface area contributed by atoms with Crippen LogP contribution in [-0.4, -0.2) is 45.0 Å². The molecule has 31 heavy (non-hydrogen) atoms. The maximum absolute atomic E-state index is 14.3. The Morgan fingerprint density at radius 1 is 1.13 bits per heavy atom. The summed E-state index contributed by atoms with van der Waals surface area (Å²) in [5, 5.41) is 0. The smallest absolute Gasteiger partial charge is 0.410 e. The van der Waals surface area contributed by atoms with E-state index in [9.17, 15) is 22.5 Å². The minimum absolute atomic E-state index is 0.0249. The van der Waals surface area contributed by atoms with Crippen molar-refractivity contribution < 1.29 is 27.3 Å². The summed E-state index contributed by atoms with van der Waals surface area (Å²) < 4.78 is 62.0. The largest absolute Gasteiger partial charge is 0.598 e. The summed E-state index contributed by atoms with van der Waals surface area (Å²) in [6, 6.07) is 0.961. The van der Waals surface area contributed by atoms with Crippen LogP contribution in [0.15, 0.2) is 12.1 Å². The Morgan fingerprint density at radius 2 is 1.68 bits per heavy atom. The molecule has 2 rings (SSSR count). The van der Waals surface area contributed by atoms with E-state index in [1.54, 1.807) is 25.7 Å². The van der Waals surface area contributed by atoms with Crippen molar-refractivity contribution in [3.05, 3.63) is 35.1 Å². The number of hydrogen-bond donors (Lipinski definition) is 1. The molecule has 0 radical (unpaired) electrons. The number of nitrogens with one attached hydrogen (secondary N) is 1. The summed E-state index contributed by atoms with van der Waals surface area (Å²) in [4.78, 5) is 13.9. The van der Waals surface area contributed by atoms with Gasteiger partial charge in [0.1, 0.15) is 16.2 Å². The Morgan fingerprint density at radius 3 is 2.19 bits per heavy atom. The molecule has 1 aromatic rings. The highest BCUT2D eigenvalue weighted by molar-refractivity contribution is 7.90. The first kappa shape index (κ1) is 25.8. The number of piperidine rings is 1. The van der Waals surface area contributed by atoms with E-state index in [2.05, 4.69) is 4.72 Å². The van der Waals surface area contributed by atoms with E-state index in [1.807, 2.05) is 20.8 Å². The predicted molar refractivity (Wildman–Crippen MR) is 115 cm³/mol. The molecule has 0 aliphatic carbocycles. The number of hydrogen-bond acceptors (Lipinski definition) is 4. The zero-order valence-corrected chi connectivity index (χ0v) is 19.9. The van der Waals surface area contributed by atoms with Crippen molar-refractivity contribution in [2.24, 2.45) is 5.92 Å². The third-order valence-electron chi connectivity index (χ3n) is 5.10. The van der Waals surface area contributed by atoms with Gasteiger partial charge in [-0.2, -0.15) is 0 Å². The van der Waals surface area contributed by atoms with Crippen LogP contribution in [0, 0.1) is 23.4 Å². The standard InChI is InChI=1S/C22H33F3N2O3S/c1-21(2,3)30-20(28)27-9-7-14(8-10-27)19(26-31(29)22(4,5)6)12-15-11-17(24)18(25)13-16(15)23/h11,13-14,19,26H,7-10,12H2,1-6H3/t19?,31-/m1/s1. The molecular weight excluding hydrogens is 429 g/mol. The first-order valence-corrected chi connectivity index (χ1v) is 11.6. The molecule has 1 aliphatic rings. The Labute approximate surface area is 186 Å². The second-order valence-electron chi connectivity index (χ2n) is 9.97. The van der Waals surface area contributed by atoms with Crippen molar-refractivity contribution >= 4 is 17.5 Å². The van der Waals surface area contributed by atoms with E-state index in [4.69, 9.17) is 4.74 Å². The van der Waals surface area contributed by atoms with Crippen LogP contribution in [-0.2, 0) is 22.5 Å². The predicted octanol–water partition coefficient (Wildman–Crippen LogP) is 4.71. The van der Waals surface area contributed by atoms with E-state index >= 15 is 0 Å². The summed E-state index contributed by atoms with van der Waals surface area (Å²) in [7, 11) is 0. The van der Waals surface area contributed by atoms with E-state index in [-0.39, 0.29) is 24.0 Å². The van der Waals surface area contributed by atoms with E-state index in [0.29, 0.717) is 32.0 Å². The summed E-state index contributed by atoms with van der Waals surface area (Å²) in [5.74, 6) is -3.22. The van der Waals surface area contributed by atoms with Gasteiger partial charge in [0, 0.05) is 30.5 Å². The van der Waals surface area contributed by atoms with Gasteiger partial charge in [0.05, 0.1) is 6.04 Å². The zero-order chi connectivity index (χ0) is 23.6. The number of benzene rings is 1. The second kappa shape index (κ2) is 10.0. The van der Waals surface area contributed by atoms with Crippen molar-refractivity contribution in [1.29, 1.82) is 0 Å². The first-order valence-electron chi connectivity index (χ1n) is 10.5. The quantitative estimate of drug-likeness (QED) is 0.508. The lowest BCUT2D eigenvalue weighted by molar-refractivity contribution is 0.0172. The SMILES string of the molecule is CC(C)(C)OC(=O)N1CCC(C(Cc2cc(F)c(F)cc2F)N[S@+]([O-])C(C)(C)C)CC1. The highest BCUT2D eigenvalue weighted by atomic mass is 32.2. The molecule has 9 heteroatoms. The van der Waals surface area contributed by atoms with Crippen LogP contribution in [0.2, 0.25) is 0 Å². The highest BCUT2D eigenvalue weighted by Gasteiger charge is 2.36. The molecule has 1 unspecified atom stereocenters. The summed E-state index contributed by atoms with van der Waals surface area (Å²) >= 11 is -1.44. The van der Waals surface area contributed by atoms with E-state index in [1.165, 1.54) is 0 Å². The average molecular weight is 463 g/mol. The van der Waals surface area contributed by atoms with Gasteiger partial charge in [-0.1, -0.05) is 0 Å². The van der Waals surface area contributed by atoms with Gasteiger partial charge in [0.25, 0.3) is 0 Å². The lowest BCUT2D eigenvalue weighted by atomic mass is 9.86. The van der Waals surface area contributed by atoms with Crippen LogP contribution in [0.3, 0.4) is 0 Å². The molecule has 0 spiro atoms. The van der Waals surface area contributed by atoms with Gasteiger partial charge < -0.3 is 14.2 Å². The summed E-state index contributed by atoms with van der Waals surface area (Å²) in [6.07, 6.45) is 0.843. The number of halogens is 3. The Kier molecular flexibility index (Phi) is 8.33. The fourth-order valence-electron chi connectivity index (χ4n) is 3.39. The molecule has 1 aromatic carbocycles. The minimum Gasteiger partial charge on any atom is -0.598 e. The fourth-order valence-corrected chi connectivity index (χ4v) is 4.29. The fraction of sp³-hybridized carbons (Fsp3) is 0.682. The topological polar surface area (TPSA) is 64.6 Å². The number of nitrogens with zero attached hydrogens (tertiary/aromatic N) is 1. The maximum Gasteiger partial charge on any atom is 0.410 e. The van der Waals surface area contributed by atoms with Crippen molar-refractivity contribution in [3.63, 3.8) is 0 Å². The lowest BCUT2D eigenvalue weighted by Crippen LogP contribution is -2.51. The second-order valence-corrected chi connectivity index (χ2v) is 12.0. The number of amides is 1. The van der Waals surface area contributed by atoms with Gasteiger partial charge in [0.2, 0.25) is 0 Å². The zero-order valence-electron chi connectivity index (χ0n) is 19.1. The van der Waals surface area contributed by atoms with Crippen molar-refractivity contribution in [2.75, 3.05) is 13.1 Å². The van der Waals surface area contributed by atoms with Gasteiger partial charge in [-0.05, 0) is 78.4 Å². The Bertz CT molecular complexity index is 772. The van der Waals surface area contributed by atoms with Crippen LogP contribution in [0.4, 0.5) is 18.0 Å². The van der Waals surface area contributed by atoms with Gasteiger partial charge in [-0.15, -0.1) is 4.72 Å². The molecule has 0 bridgehead atoms. The molecule has 1 amide bonds. The number of likely N-dealkylation sites (tertiary alicyclic amines) is 1. The van der Waals surface area contributed by atoms with Gasteiger partial charge in [-0.3, -0.25) is 0 Å². The van der Waals surface area contributed by atoms with Crippen LogP contribution >= 0.6 is 0 Å². The number of rotatable bonds is 5. The molecule has 1 saturated heterocycles. The van der Waals surface area contributed by atoms with Crippen molar-refractivity contribution in [2.45, 2.75) is 77.2 Å². The number of carbonyl (C=O) groups is 1. The van der Waals surface area contributed by atoms with Crippen LogP contribution in [0.5, 0.6) is 0 Å². The van der Waals surface area contributed by atoms with Gasteiger partial charge in [0.15, 0.2) is 11.6 Å². The average Bonchev–Trinajstić information content (AvgIpc) is 2.63. The minimum atomic E-state index is -1.44. The summed E-state index contributed by atoms with van der Waals surface area (Å²) in [5.41, 5.74) is -0.567. The molecule has 2 atom stereocenters. The van der Waals surface area contributed by atoms with Gasteiger partial charge >= 0.3 is 6.09 Å². The molecule has 0 aromatic heterocycles. The lowest BCUT2D eigenvalue weighted by Gasteiger charge is -2.38. The monoisotopic (exact) mass is 462 g/mol. The van der Waals surface area contributed by atoms with Crippen molar-refractivity contribution in [3.8, 4) is 0 Å². The molecule has 0 saturated carbocycles. The molecule has 1 N–H and O–H groups in total. The Hall–Kier alpha value is -1.45. The third-order valence-corrected chi connectivity index (χ3v) is 6.73. The van der Waals surface area contributed by atoms with Crippen LogP contribution < -0.4 is 4.72 Å². The molecule has 1 aliphatic heterocycles. The molecule has 176 valence electrons. The third kappa shape index (κ3) is 7.57.